The fourth-order valence-electron chi connectivity index (χ4n) is 2.57. The number of amides is 1. The number of carbonyl (C=O) groups excluding carboxylic acids is 1. The summed E-state index contributed by atoms with van der Waals surface area (Å²) in [5.41, 5.74) is 8.60. The molecular weight excluding hydrogens is 264 g/mol. The average Bonchev–Trinajstić information content (AvgIpc) is 2.54. The van der Waals surface area contributed by atoms with Gasteiger partial charge in [0, 0.05) is 18.8 Å². The van der Waals surface area contributed by atoms with Crippen LogP contribution in [0.5, 0.6) is 0 Å². The average molecular weight is 292 g/mol. The highest BCUT2D eigenvalue weighted by Gasteiger charge is 2.12. The van der Waals surface area contributed by atoms with E-state index in [9.17, 15) is 0 Å². The smallest absolute Gasteiger partial charge is 0.204 e. The third-order valence-electron chi connectivity index (χ3n) is 3.75. The highest BCUT2D eigenvalue weighted by molar-refractivity contribution is 5.51. The molecule has 0 spiro atoms. The van der Waals surface area contributed by atoms with Crippen LogP contribution in [0.1, 0.15) is 37.8 Å². The maximum absolute atomic E-state index is 8.58. The second kappa shape index (κ2) is 10.2. The molecule has 0 saturated carbocycles. The molecule has 0 bridgehead atoms. The third kappa shape index (κ3) is 5.76. The normalized spacial score (nSPS) is 14.3. The summed E-state index contributed by atoms with van der Waals surface area (Å²) in [7, 11) is 0. The van der Waals surface area contributed by atoms with Crippen LogP contribution in [0.4, 0.5) is 5.69 Å². The molecule has 0 aromatic heterocycles. The van der Waals surface area contributed by atoms with Gasteiger partial charge in [0.2, 0.25) is 6.41 Å². The molecular formula is C17H28N2O2. The quantitative estimate of drug-likeness (QED) is 0.848. The van der Waals surface area contributed by atoms with Crippen LogP contribution < -0.4 is 10.6 Å². The molecule has 1 amide bonds. The lowest BCUT2D eigenvalue weighted by atomic mass is 9.99. The first-order valence-electron chi connectivity index (χ1n) is 7.86. The number of hydrogen-bond acceptors (Lipinski definition) is 3. The lowest BCUT2D eigenvalue weighted by Crippen LogP contribution is -2.36. The fraction of sp³-hybridized carbons (Fsp3) is 0.588. The zero-order valence-electron chi connectivity index (χ0n) is 13.3. The van der Waals surface area contributed by atoms with Crippen molar-refractivity contribution in [2.75, 3.05) is 31.2 Å². The molecule has 1 saturated heterocycles. The Hall–Kier alpha value is -1.55. The monoisotopic (exact) mass is 292 g/mol. The van der Waals surface area contributed by atoms with Gasteiger partial charge < -0.3 is 15.4 Å². The van der Waals surface area contributed by atoms with E-state index in [2.05, 4.69) is 42.7 Å². The highest BCUT2D eigenvalue weighted by Crippen LogP contribution is 2.22. The number of hydrogen-bond donors (Lipinski definition) is 1. The van der Waals surface area contributed by atoms with Crippen molar-refractivity contribution in [1.29, 1.82) is 0 Å². The molecule has 1 aromatic rings. The maximum Gasteiger partial charge on any atom is 0.204 e. The highest BCUT2D eigenvalue weighted by atomic mass is 16.5. The summed E-state index contributed by atoms with van der Waals surface area (Å²) in [6, 6.07) is 7.01. The largest absolute Gasteiger partial charge is 0.378 e. The lowest BCUT2D eigenvalue weighted by Gasteiger charge is -2.29. The molecule has 0 radical (unpaired) electrons. The van der Waals surface area contributed by atoms with Gasteiger partial charge in [-0.25, -0.2) is 0 Å². The minimum Gasteiger partial charge on any atom is -0.378 e. The van der Waals surface area contributed by atoms with Gasteiger partial charge in [0.15, 0.2) is 0 Å². The number of morpholine rings is 1. The Kier molecular flexibility index (Phi) is 8.51. The summed E-state index contributed by atoms with van der Waals surface area (Å²) < 4.78 is 5.41. The van der Waals surface area contributed by atoms with Crippen molar-refractivity contribution in [2.45, 2.75) is 39.5 Å². The van der Waals surface area contributed by atoms with E-state index in [0.717, 1.165) is 32.7 Å². The van der Waals surface area contributed by atoms with Gasteiger partial charge in [0.1, 0.15) is 0 Å². The standard InChI is InChI=1S/C16H25NO.CH3NO/c1-3-5-6-15-7-8-16(13-14(15)4-2)17-9-11-18-12-10-17;2-1-3/h7-8,13H,3-6,9-12H2,1-2H3;1H,(H2,2,3). The van der Waals surface area contributed by atoms with Crippen LogP contribution >= 0.6 is 0 Å². The minimum absolute atomic E-state index is 0.250. The Morgan fingerprint density at radius 2 is 1.90 bits per heavy atom. The first kappa shape index (κ1) is 17.5. The van der Waals surface area contributed by atoms with E-state index < -0.39 is 0 Å². The Labute approximate surface area is 128 Å². The first-order chi connectivity index (χ1) is 10.3. The van der Waals surface area contributed by atoms with Crippen LogP contribution in [0.2, 0.25) is 0 Å². The van der Waals surface area contributed by atoms with Crippen molar-refractivity contribution in [3.05, 3.63) is 29.3 Å². The lowest BCUT2D eigenvalue weighted by molar-refractivity contribution is -0.106. The van der Waals surface area contributed by atoms with Crippen molar-refractivity contribution >= 4 is 12.1 Å². The van der Waals surface area contributed by atoms with E-state index in [-0.39, 0.29) is 6.41 Å². The zero-order chi connectivity index (χ0) is 15.5. The number of nitrogens with zero attached hydrogens (tertiary/aromatic N) is 1. The molecule has 4 heteroatoms. The van der Waals surface area contributed by atoms with Crippen molar-refractivity contribution in [1.82, 2.24) is 0 Å². The van der Waals surface area contributed by atoms with E-state index in [1.807, 2.05) is 0 Å². The van der Waals surface area contributed by atoms with Crippen LogP contribution in [-0.2, 0) is 22.4 Å². The number of unbranched alkanes of at least 4 members (excludes halogenated alkanes) is 1. The van der Waals surface area contributed by atoms with Gasteiger partial charge in [-0.15, -0.1) is 0 Å². The maximum atomic E-state index is 8.58. The van der Waals surface area contributed by atoms with Crippen LogP contribution in [0, 0.1) is 0 Å². The summed E-state index contributed by atoms with van der Waals surface area (Å²) in [5.74, 6) is 0. The Bertz CT molecular complexity index is 415. The molecule has 21 heavy (non-hydrogen) atoms. The molecule has 1 aliphatic rings. The number of ether oxygens (including phenoxy) is 1. The van der Waals surface area contributed by atoms with Gasteiger partial charge in [-0.2, -0.15) is 0 Å². The summed E-state index contributed by atoms with van der Waals surface area (Å²) in [4.78, 5) is 11.0. The van der Waals surface area contributed by atoms with Gasteiger partial charge in [0.25, 0.3) is 0 Å². The first-order valence-corrected chi connectivity index (χ1v) is 7.86. The number of carbonyl (C=O) groups is 1. The zero-order valence-corrected chi connectivity index (χ0v) is 13.3. The molecule has 1 fully saturated rings. The van der Waals surface area contributed by atoms with Crippen LogP contribution in [-0.4, -0.2) is 32.7 Å². The molecule has 1 aromatic carbocycles. The van der Waals surface area contributed by atoms with E-state index in [1.54, 1.807) is 0 Å². The Morgan fingerprint density at radius 3 is 2.48 bits per heavy atom. The van der Waals surface area contributed by atoms with Gasteiger partial charge >= 0.3 is 0 Å². The number of anilines is 1. The predicted molar refractivity (Wildman–Crippen MR) is 87.7 cm³/mol. The number of benzene rings is 1. The molecule has 0 unspecified atom stereocenters. The topological polar surface area (TPSA) is 55.6 Å². The molecule has 1 aliphatic heterocycles. The van der Waals surface area contributed by atoms with Crippen molar-refractivity contribution < 1.29 is 9.53 Å². The van der Waals surface area contributed by atoms with Crippen molar-refractivity contribution in [2.24, 2.45) is 5.73 Å². The Morgan fingerprint density at radius 1 is 1.24 bits per heavy atom. The second-order valence-electron chi connectivity index (χ2n) is 5.15. The number of primary amides is 1. The molecule has 2 rings (SSSR count). The molecule has 0 aliphatic carbocycles. The molecule has 1 heterocycles. The van der Waals surface area contributed by atoms with Gasteiger partial charge in [-0.3, -0.25) is 4.79 Å². The third-order valence-corrected chi connectivity index (χ3v) is 3.75. The SMILES string of the molecule is CCCCc1ccc(N2CCOCC2)cc1CC.NC=O. The minimum atomic E-state index is 0.250. The van der Waals surface area contributed by atoms with E-state index in [4.69, 9.17) is 9.53 Å². The van der Waals surface area contributed by atoms with Gasteiger partial charge in [-0.1, -0.05) is 26.3 Å². The number of nitrogens with two attached hydrogens (primary N) is 1. The fourth-order valence-corrected chi connectivity index (χ4v) is 2.57. The molecule has 118 valence electrons. The Balaban J connectivity index is 0.000000677. The van der Waals surface area contributed by atoms with E-state index >= 15 is 0 Å². The second-order valence-corrected chi connectivity index (χ2v) is 5.15. The molecule has 0 atom stereocenters. The van der Waals surface area contributed by atoms with E-state index in [1.165, 1.54) is 36.1 Å². The van der Waals surface area contributed by atoms with Crippen LogP contribution in [0.15, 0.2) is 18.2 Å². The molecule has 4 nitrogen and oxygen atoms in total. The van der Waals surface area contributed by atoms with Gasteiger partial charge in [-0.05, 0) is 42.5 Å². The van der Waals surface area contributed by atoms with Gasteiger partial charge in [0.05, 0.1) is 13.2 Å². The summed E-state index contributed by atoms with van der Waals surface area (Å²) >= 11 is 0. The van der Waals surface area contributed by atoms with Crippen molar-refractivity contribution in [3.8, 4) is 0 Å². The van der Waals surface area contributed by atoms with Crippen LogP contribution in [0.3, 0.4) is 0 Å². The van der Waals surface area contributed by atoms with Crippen molar-refractivity contribution in [3.63, 3.8) is 0 Å². The predicted octanol–water partition coefficient (Wildman–Crippen LogP) is 2.53. The van der Waals surface area contributed by atoms with Crippen LogP contribution in [0.25, 0.3) is 0 Å². The summed E-state index contributed by atoms with van der Waals surface area (Å²) in [5, 5.41) is 0. The summed E-state index contributed by atoms with van der Waals surface area (Å²) in [6.45, 7) is 8.29. The number of rotatable bonds is 5. The number of aryl methyl sites for hydroxylation is 2. The molecule has 2 N–H and O–H groups in total. The van der Waals surface area contributed by atoms with E-state index in [0.29, 0.717) is 0 Å². The summed E-state index contributed by atoms with van der Waals surface area (Å²) in [6.07, 6.45) is 5.18.